The van der Waals surface area contributed by atoms with Crippen LogP contribution in [0.4, 0.5) is 5.69 Å². The summed E-state index contributed by atoms with van der Waals surface area (Å²) in [4.78, 5) is 24.0. The number of hydrogen-bond acceptors (Lipinski definition) is 3. The highest BCUT2D eigenvalue weighted by Gasteiger charge is 2.14. The number of aromatic carboxylic acids is 1. The summed E-state index contributed by atoms with van der Waals surface area (Å²) in [5.74, 6) is -1.91. The van der Waals surface area contributed by atoms with Crippen LogP contribution in [0.2, 0.25) is 5.02 Å². The first-order valence-corrected chi connectivity index (χ1v) is 7.38. The van der Waals surface area contributed by atoms with Crippen molar-refractivity contribution in [2.45, 2.75) is 13.0 Å². The van der Waals surface area contributed by atoms with Crippen LogP contribution in [0.3, 0.4) is 0 Å². The Balaban J connectivity index is 2.29. The fraction of sp³-hybridized carbons (Fsp3) is 0.176. The molecule has 23 heavy (non-hydrogen) atoms. The fourth-order valence-electron chi connectivity index (χ4n) is 2.25. The molecule has 0 atom stereocenters. The van der Waals surface area contributed by atoms with Crippen LogP contribution in [0.15, 0.2) is 48.5 Å². The molecule has 120 valence electrons. The van der Waals surface area contributed by atoms with Gasteiger partial charge in [0.25, 0.3) is 0 Å². The van der Waals surface area contributed by atoms with Crippen LogP contribution in [-0.4, -0.2) is 28.7 Å². The lowest BCUT2D eigenvalue weighted by Crippen LogP contribution is -2.26. The molecule has 2 N–H and O–H groups in total. The van der Waals surface area contributed by atoms with E-state index in [0.717, 1.165) is 5.69 Å². The second-order valence-corrected chi connectivity index (χ2v) is 5.44. The standard InChI is InChI=1S/C17H16ClNO4/c18-13-5-7-14(8-6-13)19(10-9-16(20)21)11-12-3-1-2-4-15(12)17(22)23/h1-8H,9-11H2,(H,20,21)(H,22,23). The maximum Gasteiger partial charge on any atom is 0.336 e. The van der Waals surface area contributed by atoms with Crippen molar-refractivity contribution in [3.63, 3.8) is 0 Å². The molecule has 0 aliphatic heterocycles. The summed E-state index contributed by atoms with van der Waals surface area (Å²) in [5.41, 5.74) is 1.62. The predicted octanol–water partition coefficient (Wildman–Crippen LogP) is 3.52. The number of hydrogen-bond donors (Lipinski definition) is 2. The number of carbonyl (C=O) groups is 2. The van der Waals surface area contributed by atoms with Gasteiger partial charge < -0.3 is 15.1 Å². The van der Waals surface area contributed by atoms with E-state index in [1.807, 2.05) is 4.90 Å². The molecule has 0 aliphatic carbocycles. The molecule has 0 aliphatic rings. The molecule has 6 heteroatoms. The van der Waals surface area contributed by atoms with Gasteiger partial charge in [0, 0.05) is 23.8 Å². The first-order chi connectivity index (χ1) is 11.0. The lowest BCUT2D eigenvalue weighted by Gasteiger charge is -2.25. The van der Waals surface area contributed by atoms with Gasteiger partial charge in [-0.3, -0.25) is 4.79 Å². The summed E-state index contributed by atoms with van der Waals surface area (Å²) in [6.45, 7) is 0.572. The third-order valence-electron chi connectivity index (χ3n) is 3.40. The van der Waals surface area contributed by atoms with Gasteiger partial charge in [-0.1, -0.05) is 29.8 Å². The lowest BCUT2D eigenvalue weighted by atomic mass is 10.1. The zero-order valence-corrected chi connectivity index (χ0v) is 13.0. The normalized spacial score (nSPS) is 10.3. The van der Waals surface area contributed by atoms with E-state index in [1.54, 1.807) is 42.5 Å². The molecule has 0 amide bonds. The Morgan fingerprint density at radius 2 is 1.65 bits per heavy atom. The second kappa shape index (κ2) is 7.65. The van der Waals surface area contributed by atoms with E-state index >= 15 is 0 Å². The minimum atomic E-state index is -1.00. The van der Waals surface area contributed by atoms with Crippen molar-refractivity contribution < 1.29 is 19.8 Å². The second-order valence-electron chi connectivity index (χ2n) is 5.00. The average Bonchev–Trinajstić information content (AvgIpc) is 2.52. The predicted molar refractivity (Wildman–Crippen MR) is 88.2 cm³/mol. The van der Waals surface area contributed by atoms with Gasteiger partial charge in [-0.2, -0.15) is 0 Å². The Labute approximate surface area is 138 Å². The highest BCUT2D eigenvalue weighted by Crippen LogP contribution is 2.22. The van der Waals surface area contributed by atoms with Gasteiger partial charge in [0.2, 0.25) is 0 Å². The van der Waals surface area contributed by atoms with Crippen molar-refractivity contribution in [1.29, 1.82) is 0 Å². The number of benzene rings is 2. The van der Waals surface area contributed by atoms with Gasteiger partial charge in [0.15, 0.2) is 0 Å². The molecule has 0 unspecified atom stereocenters. The molecule has 0 fully saturated rings. The molecular formula is C17H16ClNO4. The topological polar surface area (TPSA) is 77.8 Å². The van der Waals surface area contributed by atoms with Crippen LogP contribution in [-0.2, 0) is 11.3 Å². The Morgan fingerprint density at radius 3 is 2.26 bits per heavy atom. The van der Waals surface area contributed by atoms with Crippen molar-refractivity contribution in [2.75, 3.05) is 11.4 Å². The molecule has 0 radical (unpaired) electrons. The summed E-state index contributed by atoms with van der Waals surface area (Å²) in [6.07, 6.45) is -0.0438. The van der Waals surface area contributed by atoms with Crippen molar-refractivity contribution in [3.05, 3.63) is 64.7 Å². The summed E-state index contributed by atoms with van der Waals surface area (Å²) >= 11 is 5.88. The monoisotopic (exact) mass is 333 g/mol. The number of nitrogens with zero attached hydrogens (tertiary/aromatic N) is 1. The molecule has 0 saturated heterocycles. The Bertz CT molecular complexity index is 700. The van der Waals surface area contributed by atoms with Gasteiger partial charge >= 0.3 is 11.9 Å². The van der Waals surface area contributed by atoms with Crippen molar-refractivity contribution >= 4 is 29.2 Å². The van der Waals surface area contributed by atoms with Crippen LogP contribution >= 0.6 is 11.6 Å². The van der Waals surface area contributed by atoms with Crippen molar-refractivity contribution in [3.8, 4) is 0 Å². The number of rotatable bonds is 7. The number of anilines is 1. The first-order valence-electron chi connectivity index (χ1n) is 7.01. The molecule has 2 aromatic carbocycles. The molecule has 0 bridgehead atoms. The van der Waals surface area contributed by atoms with E-state index in [4.69, 9.17) is 16.7 Å². The number of carboxylic acid groups (broad SMARTS) is 2. The third-order valence-corrected chi connectivity index (χ3v) is 3.65. The van der Waals surface area contributed by atoms with Gasteiger partial charge in [-0.15, -0.1) is 0 Å². The number of halogens is 1. The van der Waals surface area contributed by atoms with Crippen LogP contribution in [0.5, 0.6) is 0 Å². The van der Waals surface area contributed by atoms with Crippen LogP contribution < -0.4 is 4.90 Å². The molecule has 2 rings (SSSR count). The lowest BCUT2D eigenvalue weighted by molar-refractivity contribution is -0.136. The summed E-state index contributed by atoms with van der Waals surface area (Å²) in [5, 5.41) is 18.8. The summed E-state index contributed by atoms with van der Waals surface area (Å²) in [6, 6.07) is 13.7. The molecule has 0 spiro atoms. The zero-order valence-electron chi connectivity index (χ0n) is 12.3. The largest absolute Gasteiger partial charge is 0.481 e. The van der Waals surface area contributed by atoms with E-state index in [9.17, 15) is 14.7 Å². The summed E-state index contributed by atoms with van der Waals surface area (Å²) in [7, 11) is 0. The zero-order chi connectivity index (χ0) is 16.8. The number of carboxylic acids is 2. The van der Waals surface area contributed by atoms with Gasteiger partial charge in [0.05, 0.1) is 12.0 Å². The first kappa shape index (κ1) is 16.8. The Kier molecular flexibility index (Phi) is 5.60. The van der Waals surface area contributed by atoms with Crippen LogP contribution in [0.1, 0.15) is 22.3 Å². The van der Waals surface area contributed by atoms with E-state index in [0.29, 0.717) is 17.1 Å². The highest BCUT2D eigenvalue weighted by atomic mass is 35.5. The Morgan fingerprint density at radius 1 is 1.00 bits per heavy atom. The van der Waals surface area contributed by atoms with E-state index < -0.39 is 11.9 Å². The van der Waals surface area contributed by atoms with Gasteiger partial charge in [0.1, 0.15) is 0 Å². The molecule has 0 aromatic heterocycles. The van der Waals surface area contributed by atoms with Crippen LogP contribution in [0.25, 0.3) is 0 Å². The number of aliphatic carboxylic acids is 1. The SMILES string of the molecule is O=C(O)CCN(Cc1ccccc1C(=O)O)c1ccc(Cl)cc1. The minimum Gasteiger partial charge on any atom is -0.481 e. The molecule has 5 nitrogen and oxygen atoms in total. The highest BCUT2D eigenvalue weighted by molar-refractivity contribution is 6.30. The van der Waals surface area contributed by atoms with Gasteiger partial charge in [-0.25, -0.2) is 4.79 Å². The van der Waals surface area contributed by atoms with E-state index in [2.05, 4.69) is 0 Å². The molecular weight excluding hydrogens is 318 g/mol. The fourth-order valence-corrected chi connectivity index (χ4v) is 2.38. The maximum absolute atomic E-state index is 11.3. The van der Waals surface area contributed by atoms with Crippen LogP contribution in [0, 0.1) is 0 Å². The summed E-state index contributed by atoms with van der Waals surface area (Å²) < 4.78 is 0. The molecule has 0 saturated carbocycles. The maximum atomic E-state index is 11.3. The quantitative estimate of drug-likeness (QED) is 0.810. The molecule has 2 aromatic rings. The molecule has 0 heterocycles. The van der Waals surface area contributed by atoms with Crippen molar-refractivity contribution in [2.24, 2.45) is 0 Å². The Hall–Kier alpha value is -2.53. The smallest absolute Gasteiger partial charge is 0.336 e. The van der Waals surface area contributed by atoms with E-state index in [-0.39, 0.29) is 18.5 Å². The third kappa shape index (κ3) is 4.72. The van der Waals surface area contributed by atoms with Gasteiger partial charge in [-0.05, 0) is 35.9 Å². The van der Waals surface area contributed by atoms with E-state index in [1.165, 1.54) is 6.07 Å². The van der Waals surface area contributed by atoms with Crippen molar-refractivity contribution in [1.82, 2.24) is 0 Å². The average molecular weight is 334 g/mol. The minimum absolute atomic E-state index is 0.0438.